The molecule has 0 N–H and O–H groups in total. The lowest BCUT2D eigenvalue weighted by atomic mass is 10.0. The Hall–Kier alpha value is -0.900. The van der Waals surface area contributed by atoms with Crippen LogP contribution in [0.3, 0.4) is 0 Å². The molecule has 0 spiro atoms. The number of fused-ring (bicyclic) bond motifs is 1. The average Bonchev–Trinajstić information content (AvgIpc) is 2.47. The van der Waals surface area contributed by atoms with Crippen LogP contribution in [0.4, 0.5) is 0 Å². The Morgan fingerprint density at radius 2 is 2.12 bits per heavy atom. The summed E-state index contributed by atoms with van der Waals surface area (Å²) in [6.45, 7) is 3.87. The third-order valence-corrected chi connectivity index (χ3v) is 3.89. The van der Waals surface area contributed by atoms with Crippen LogP contribution >= 0.6 is 0 Å². The van der Waals surface area contributed by atoms with Gasteiger partial charge in [-0.15, -0.1) is 0 Å². The fourth-order valence-electron chi connectivity index (χ4n) is 2.71. The molecular weight excluding hydrogens is 214 g/mol. The van der Waals surface area contributed by atoms with E-state index in [-0.39, 0.29) is 6.10 Å². The highest BCUT2D eigenvalue weighted by molar-refractivity contribution is 5.31. The van der Waals surface area contributed by atoms with Gasteiger partial charge in [0.2, 0.25) is 0 Å². The van der Waals surface area contributed by atoms with E-state index in [4.69, 9.17) is 9.47 Å². The van der Waals surface area contributed by atoms with Gasteiger partial charge in [-0.3, -0.25) is 4.90 Å². The molecule has 1 aromatic carbocycles. The van der Waals surface area contributed by atoms with Gasteiger partial charge in [0.05, 0.1) is 25.4 Å². The average molecular weight is 233 g/mol. The molecule has 0 radical (unpaired) electrons. The Labute approximate surface area is 102 Å². The maximum atomic E-state index is 5.66. The number of benzene rings is 1. The standard InChI is InChI=1S/C14H19NO2/c1-16-14-8-15(12-9-17-10-12)7-6-11-4-2-3-5-13(11)14/h2-5,12,14H,6-10H2,1H3. The smallest absolute Gasteiger partial charge is 0.0950 e. The number of hydrogen-bond acceptors (Lipinski definition) is 3. The van der Waals surface area contributed by atoms with E-state index in [1.165, 1.54) is 11.1 Å². The van der Waals surface area contributed by atoms with Gasteiger partial charge in [0, 0.05) is 20.2 Å². The van der Waals surface area contributed by atoms with Crippen molar-refractivity contribution in [2.24, 2.45) is 0 Å². The molecule has 3 heteroatoms. The van der Waals surface area contributed by atoms with Crippen LogP contribution in [0.1, 0.15) is 17.2 Å². The maximum absolute atomic E-state index is 5.66. The summed E-state index contributed by atoms with van der Waals surface area (Å²) >= 11 is 0. The lowest BCUT2D eigenvalue weighted by Crippen LogP contribution is -2.50. The van der Waals surface area contributed by atoms with Crippen LogP contribution in [-0.2, 0) is 15.9 Å². The summed E-state index contributed by atoms with van der Waals surface area (Å²) in [4.78, 5) is 2.51. The molecule has 1 atom stereocenters. The molecule has 17 heavy (non-hydrogen) atoms. The zero-order valence-electron chi connectivity index (χ0n) is 10.3. The molecule has 2 aliphatic heterocycles. The summed E-state index contributed by atoms with van der Waals surface area (Å²) in [5.74, 6) is 0. The van der Waals surface area contributed by atoms with Crippen LogP contribution < -0.4 is 0 Å². The minimum Gasteiger partial charge on any atom is -0.378 e. The summed E-state index contributed by atoms with van der Waals surface area (Å²) in [7, 11) is 1.81. The van der Waals surface area contributed by atoms with E-state index < -0.39 is 0 Å². The van der Waals surface area contributed by atoms with Crippen molar-refractivity contribution in [3.8, 4) is 0 Å². The molecule has 1 fully saturated rings. The molecule has 0 aromatic heterocycles. The number of nitrogens with zero attached hydrogens (tertiary/aromatic N) is 1. The fraction of sp³-hybridized carbons (Fsp3) is 0.571. The molecule has 92 valence electrons. The Morgan fingerprint density at radius 3 is 2.82 bits per heavy atom. The summed E-state index contributed by atoms with van der Waals surface area (Å²) in [6.07, 6.45) is 1.32. The minimum absolute atomic E-state index is 0.203. The van der Waals surface area contributed by atoms with Crippen molar-refractivity contribution in [3.63, 3.8) is 0 Å². The van der Waals surface area contributed by atoms with Crippen molar-refractivity contribution in [1.29, 1.82) is 0 Å². The van der Waals surface area contributed by atoms with Gasteiger partial charge in [0.1, 0.15) is 0 Å². The van der Waals surface area contributed by atoms with Gasteiger partial charge in [0.15, 0.2) is 0 Å². The van der Waals surface area contributed by atoms with Crippen LogP contribution in [0.2, 0.25) is 0 Å². The number of ether oxygens (including phenoxy) is 2. The second-order valence-corrected chi connectivity index (χ2v) is 4.86. The monoisotopic (exact) mass is 233 g/mol. The SMILES string of the molecule is COC1CN(C2COC2)CCc2ccccc21. The molecule has 3 rings (SSSR count). The lowest BCUT2D eigenvalue weighted by Gasteiger charge is -2.37. The highest BCUT2D eigenvalue weighted by Crippen LogP contribution is 2.27. The number of rotatable bonds is 2. The zero-order valence-corrected chi connectivity index (χ0v) is 10.3. The normalized spacial score (nSPS) is 26.1. The van der Waals surface area contributed by atoms with Gasteiger partial charge >= 0.3 is 0 Å². The van der Waals surface area contributed by atoms with Crippen molar-refractivity contribution < 1.29 is 9.47 Å². The van der Waals surface area contributed by atoms with E-state index in [1.54, 1.807) is 0 Å². The van der Waals surface area contributed by atoms with Crippen LogP contribution in [-0.4, -0.2) is 44.4 Å². The second-order valence-electron chi connectivity index (χ2n) is 4.86. The number of methoxy groups -OCH3 is 1. The first kappa shape index (κ1) is 11.2. The molecule has 0 aliphatic carbocycles. The van der Waals surface area contributed by atoms with E-state index in [0.717, 1.165) is 32.7 Å². The molecule has 1 unspecified atom stereocenters. The summed E-state index contributed by atoms with van der Waals surface area (Å²) in [6, 6.07) is 9.24. The van der Waals surface area contributed by atoms with Crippen molar-refractivity contribution in [2.45, 2.75) is 18.6 Å². The van der Waals surface area contributed by atoms with Gasteiger partial charge in [-0.1, -0.05) is 24.3 Å². The van der Waals surface area contributed by atoms with Gasteiger partial charge in [0.25, 0.3) is 0 Å². The highest BCUT2D eigenvalue weighted by Gasteiger charge is 2.30. The molecule has 0 amide bonds. The van der Waals surface area contributed by atoms with Crippen LogP contribution in [0.5, 0.6) is 0 Å². The summed E-state index contributed by atoms with van der Waals surface area (Å²) < 4.78 is 11.0. The third kappa shape index (κ3) is 2.10. The van der Waals surface area contributed by atoms with E-state index >= 15 is 0 Å². The number of hydrogen-bond donors (Lipinski definition) is 0. The van der Waals surface area contributed by atoms with Crippen molar-refractivity contribution in [3.05, 3.63) is 35.4 Å². The largest absolute Gasteiger partial charge is 0.378 e. The van der Waals surface area contributed by atoms with Crippen molar-refractivity contribution >= 4 is 0 Å². The first-order chi connectivity index (χ1) is 8.38. The molecular formula is C14H19NO2. The predicted octanol–water partition coefficient (Wildman–Crippen LogP) is 1.63. The van der Waals surface area contributed by atoms with E-state index in [2.05, 4.69) is 29.2 Å². The first-order valence-corrected chi connectivity index (χ1v) is 6.31. The summed E-state index contributed by atoms with van der Waals surface area (Å²) in [5, 5.41) is 0. The Bertz CT molecular complexity index is 390. The second kappa shape index (κ2) is 4.77. The highest BCUT2D eigenvalue weighted by atomic mass is 16.5. The van der Waals surface area contributed by atoms with Crippen molar-refractivity contribution in [1.82, 2.24) is 4.90 Å². The Kier molecular flexibility index (Phi) is 3.14. The van der Waals surface area contributed by atoms with Gasteiger partial charge in [-0.25, -0.2) is 0 Å². The van der Waals surface area contributed by atoms with Crippen LogP contribution in [0.15, 0.2) is 24.3 Å². The topological polar surface area (TPSA) is 21.7 Å². The third-order valence-electron chi connectivity index (χ3n) is 3.89. The zero-order chi connectivity index (χ0) is 11.7. The molecule has 1 aromatic rings. The quantitative estimate of drug-likeness (QED) is 0.775. The maximum Gasteiger partial charge on any atom is 0.0950 e. The first-order valence-electron chi connectivity index (χ1n) is 6.31. The molecule has 0 bridgehead atoms. The molecule has 2 heterocycles. The predicted molar refractivity (Wildman–Crippen MR) is 66.1 cm³/mol. The van der Waals surface area contributed by atoms with E-state index in [9.17, 15) is 0 Å². The minimum atomic E-state index is 0.203. The fourth-order valence-corrected chi connectivity index (χ4v) is 2.71. The van der Waals surface area contributed by atoms with E-state index in [1.807, 2.05) is 7.11 Å². The van der Waals surface area contributed by atoms with Crippen LogP contribution in [0, 0.1) is 0 Å². The van der Waals surface area contributed by atoms with Gasteiger partial charge < -0.3 is 9.47 Å². The molecule has 3 nitrogen and oxygen atoms in total. The molecule has 0 saturated carbocycles. The molecule has 2 aliphatic rings. The molecule has 1 saturated heterocycles. The summed E-state index contributed by atoms with van der Waals surface area (Å²) in [5.41, 5.74) is 2.79. The van der Waals surface area contributed by atoms with E-state index in [0.29, 0.717) is 6.04 Å². The van der Waals surface area contributed by atoms with Crippen LogP contribution in [0.25, 0.3) is 0 Å². The Balaban J connectivity index is 1.83. The lowest BCUT2D eigenvalue weighted by molar-refractivity contribution is -0.0767. The van der Waals surface area contributed by atoms with Gasteiger partial charge in [-0.2, -0.15) is 0 Å². The Morgan fingerprint density at radius 1 is 1.29 bits per heavy atom. The van der Waals surface area contributed by atoms with Crippen molar-refractivity contribution in [2.75, 3.05) is 33.4 Å². The van der Waals surface area contributed by atoms with Gasteiger partial charge in [-0.05, 0) is 17.5 Å².